The molecule has 1 aliphatic heterocycles. The number of hydrogen-bond donors (Lipinski definition) is 6. The maximum absolute atomic E-state index is 14.5. The number of nitrogens with zero attached hydrogens (tertiary/aromatic N) is 3. The molecule has 14 heteroatoms. The van der Waals surface area contributed by atoms with Crippen molar-refractivity contribution in [2.24, 2.45) is 18.5 Å². The van der Waals surface area contributed by atoms with Gasteiger partial charge < -0.3 is 37.3 Å². The molecule has 1 aliphatic rings. The van der Waals surface area contributed by atoms with E-state index in [1.807, 2.05) is 86.2 Å². The molecule has 3 atom stereocenters. The van der Waals surface area contributed by atoms with E-state index in [2.05, 4.69) is 26.0 Å². The van der Waals surface area contributed by atoms with Crippen molar-refractivity contribution >= 4 is 52.0 Å². The van der Waals surface area contributed by atoms with Crippen molar-refractivity contribution in [3.05, 3.63) is 101 Å². The number of aromatic amines is 1. The smallest absolute Gasteiger partial charge is 0.245 e. The lowest BCUT2D eigenvalue weighted by atomic mass is 10.0. The first-order valence-corrected chi connectivity index (χ1v) is 20.0. The Hall–Kier alpha value is -4.66. The average molecular weight is 784 g/mol. The molecule has 0 aliphatic carbocycles. The number of nitrogens with two attached hydrogens (primary N) is 2. The Morgan fingerprint density at radius 2 is 1.64 bits per heavy atom. The fourth-order valence-corrected chi connectivity index (χ4v) is 8.40. The predicted octanol–water partition coefficient (Wildman–Crippen LogP) is 4.88. The summed E-state index contributed by atoms with van der Waals surface area (Å²) in [5, 5.41) is 15.8. The summed E-state index contributed by atoms with van der Waals surface area (Å²) in [6.07, 6.45) is 6.78. The standard InChI is InChI=1S/C41H50ClN9O3S/c1-50-19-16-32(49-50)27-20-29-25-47-40(53)36(22-28-24-45-33-12-5-4-11-30(28)33)51(2)41(54)35(13-7-8-17-43)48-39(52)34(14-9-18-44)46-23-26-10-3-6-15-37(26)55-38(29)31(42)21-27/h3-6,10-12,15-16,19-21,24,34-36,45-46H,7-9,13-14,17-18,22-23,25,43-44H2,1-2H3,(H,47,53)(H,48,52). The quantitative estimate of drug-likeness (QED) is 0.109. The minimum absolute atomic E-state index is 0.145. The number of amides is 3. The van der Waals surface area contributed by atoms with Crippen LogP contribution in [0.1, 0.15) is 48.8 Å². The molecule has 0 bridgehead atoms. The Balaban J connectivity index is 1.44. The van der Waals surface area contributed by atoms with Gasteiger partial charge in [-0.3, -0.25) is 19.1 Å². The average Bonchev–Trinajstić information content (AvgIpc) is 3.82. The van der Waals surface area contributed by atoms with Gasteiger partial charge in [-0.05, 0) is 92.2 Å². The van der Waals surface area contributed by atoms with Crippen LogP contribution < -0.4 is 27.4 Å². The summed E-state index contributed by atoms with van der Waals surface area (Å²) in [7, 11) is 3.49. The van der Waals surface area contributed by atoms with E-state index >= 15 is 0 Å². The molecule has 2 aromatic heterocycles. The van der Waals surface area contributed by atoms with Gasteiger partial charge >= 0.3 is 0 Å². The molecule has 5 aromatic rings. The number of likely N-dealkylation sites (N-methyl/N-ethyl adjacent to an activating group) is 1. The first kappa shape index (κ1) is 40.0. The molecule has 8 N–H and O–H groups in total. The van der Waals surface area contributed by atoms with Crippen molar-refractivity contribution < 1.29 is 14.4 Å². The highest BCUT2D eigenvalue weighted by Gasteiger charge is 2.34. The van der Waals surface area contributed by atoms with E-state index in [0.717, 1.165) is 48.6 Å². The third-order valence-electron chi connectivity index (χ3n) is 10.1. The predicted molar refractivity (Wildman–Crippen MR) is 218 cm³/mol. The van der Waals surface area contributed by atoms with Crippen LogP contribution in [-0.4, -0.2) is 75.6 Å². The summed E-state index contributed by atoms with van der Waals surface area (Å²) in [5.41, 5.74) is 16.9. The van der Waals surface area contributed by atoms with E-state index in [1.54, 1.807) is 11.7 Å². The monoisotopic (exact) mass is 783 g/mol. The molecule has 0 fully saturated rings. The van der Waals surface area contributed by atoms with Gasteiger partial charge in [-0.15, -0.1) is 0 Å². The van der Waals surface area contributed by atoms with Crippen molar-refractivity contribution in [1.82, 2.24) is 35.6 Å². The van der Waals surface area contributed by atoms with Crippen LogP contribution in [-0.2, 0) is 40.9 Å². The zero-order valence-electron chi connectivity index (χ0n) is 31.3. The van der Waals surface area contributed by atoms with Crippen molar-refractivity contribution in [2.45, 2.75) is 79.5 Å². The van der Waals surface area contributed by atoms with Gasteiger partial charge in [0, 0.05) is 72.3 Å². The Kier molecular flexibility index (Phi) is 13.7. The number of para-hydroxylation sites is 1. The number of nitrogens with one attached hydrogen (secondary N) is 4. The van der Waals surface area contributed by atoms with E-state index in [1.165, 1.54) is 16.7 Å². The summed E-state index contributed by atoms with van der Waals surface area (Å²) in [6.45, 7) is 1.41. The van der Waals surface area contributed by atoms with Crippen LogP contribution in [0.25, 0.3) is 22.2 Å². The molecule has 290 valence electrons. The molecule has 0 saturated carbocycles. The number of benzene rings is 3. The number of fused-ring (bicyclic) bond motifs is 3. The van der Waals surface area contributed by atoms with Crippen molar-refractivity contribution in [3.63, 3.8) is 0 Å². The molecule has 3 heterocycles. The molecule has 3 amide bonds. The van der Waals surface area contributed by atoms with Gasteiger partial charge in [-0.25, -0.2) is 0 Å². The molecular weight excluding hydrogens is 734 g/mol. The second kappa shape index (κ2) is 18.8. The van der Waals surface area contributed by atoms with Crippen LogP contribution in [0.4, 0.5) is 0 Å². The summed E-state index contributed by atoms with van der Waals surface area (Å²) >= 11 is 8.61. The fraction of sp³-hybridized carbons (Fsp3) is 0.366. The van der Waals surface area contributed by atoms with E-state index in [-0.39, 0.29) is 30.7 Å². The second-order valence-electron chi connectivity index (χ2n) is 14.0. The van der Waals surface area contributed by atoms with Gasteiger partial charge in [0.05, 0.1) is 16.8 Å². The lowest BCUT2D eigenvalue weighted by Gasteiger charge is -2.32. The normalized spacial score (nSPS) is 18.7. The minimum Gasteiger partial charge on any atom is -0.361 e. The van der Waals surface area contributed by atoms with Crippen molar-refractivity contribution in [3.8, 4) is 11.3 Å². The first-order valence-electron chi connectivity index (χ1n) is 18.8. The number of aryl methyl sites for hydroxylation is 1. The summed E-state index contributed by atoms with van der Waals surface area (Å²) in [6, 6.07) is 19.3. The van der Waals surface area contributed by atoms with Crippen LogP contribution in [0.5, 0.6) is 0 Å². The molecule has 0 radical (unpaired) electrons. The zero-order chi connectivity index (χ0) is 38.9. The number of aromatic nitrogens is 3. The Bertz CT molecular complexity index is 2120. The summed E-state index contributed by atoms with van der Waals surface area (Å²) < 4.78 is 1.73. The molecule has 6 rings (SSSR count). The Labute approximate surface area is 331 Å². The molecule has 0 saturated heterocycles. The topological polar surface area (TPSA) is 176 Å². The SMILES string of the molecule is CN1C(=O)C(CCCCN)NC(=O)C(CCCN)NCc2ccccc2Sc2c(Cl)cc(-c3ccn(C)n3)cc2CNC(=O)C1Cc1c[nH]c2ccccc12. The highest BCUT2D eigenvalue weighted by Crippen LogP contribution is 2.40. The van der Waals surface area contributed by atoms with Crippen LogP contribution in [0.3, 0.4) is 0 Å². The molecule has 55 heavy (non-hydrogen) atoms. The van der Waals surface area contributed by atoms with Gasteiger partial charge in [0.2, 0.25) is 17.7 Å². The molecule has 3 aromatic carbocycles. The summed E-state index contributed by atoms with van der Waals surface area (Å²) in [5.74, 6) is -0.986. The number of carbonyl (C=O) groups excluding carboxylic acids is 3. The van der Waals surface area contributed by atoms with Crippen molar-refractivity contribution in [2.75, 3.05) is 20.1 Å². The van der Waals surface area contributed by atoms with Crippen LogP contribution >= 0.6 is 23.4 Å². The van der Waals surface area contributed by atoms with Gasteiger partial charge in [-0.2, -0.15) is 5.10 Å². The highest BCUT2D eigenvalue weighted by molar-refractivity contribution is 7.99. The lowest BCUT2D eigenvalue weighted by molar-refractivity contribution is -0.142. The maximum Gasteiger partial charge on any atom is 0.245 e. The molecular formula is C41H50ClN9O3S. The van der Waals surface area contributed by atoms with E-state index in [4.69, 9.17) is 23.1 Å². The minimum atomic E-state index is -0.909. The van der Waals surface area contributed by atoms with Gasteiger partial charge in [0.1, 0.15) is 12.1 Å². The molecule has 0 spiro atoms. The third kappa shape index (κ3) is 9.78. The summed E-state index contributed by atoms with van der Waals surface area (Å²) in [4.78, 5) is 49.6. The van der Waals surface area contributed by atoms with Crippen LogP contribution in [0.15, 0.2) is 88.9 Å². The second-order valence-corrected chi connectivity index (χ2v) is 15.4. The van der Waals surface area contributed by atoms with E-state index < -0.39 is 18.1 Å². The highest BCUT2D eigenvalue weighted by atomic mass is 35.5. The van der Waals surface area contributed by atoms with Gasteiger partial charge in [0.15, 0.2) is 0 Å². The first-order chi connectivity index (χ1) is 26.7. The number of H-pyrrole nitrogens is 1. The fourth-order valence-electron chi connectivity index (χ4n) is 6.99. The third-order valence-corrected chi connectivity index (χ3v) is 11.8. The number of hydrogen-bond acceptors (Lipinski definition) is 8. The Morgan fingerprint density at radius 3 is 2.42 bits per heavy atom. The van der Waals surface area contributed by atoms with Gasteiger partial charge in [-0.1, -0.05) is 59.8 Å². The largest absolute Gasteiger partial charge is 0.361 e. The zero-order valence-corrected chi connectivity index (χ0v) is 32.9. The van der Waals surface area contributed by atoms with Crippen LogP contribution in [0.2, 0.25) is 5.02 Å². The van der Waals surface area contributed by atoms with Crippen LogP contribution in [0, 0.1) is 0 Å². The van der Waals surface area contributed by atoms with E-state index in [0.29, 0.717) is 56.8 Å². The lowest BCUT2D eigenvalue weighted by Crippen LogP contribution is -2.57. The number of rotatable bonds is 10. The maximum atomic E-state index is 14.5. The van der Waals surface area contributed by atoms with Crippen molar-refractivity contribution in [1.29, 1.82) is 0 Å². The molecule has 12 nitrogen and oxygen atoms in total. The molecule has 3 unspecified atom stereocenters. The number of unbranched alkanes of at least 4 members (excludes halogenated alkanes) is 1. The number of halogens is 1. The number of carbonyl (C=O) groups is 3. The Morgan fingerprint density at radius 1 is 0.873 bits per heavy atom. The van der Waals surface area contributed by atoms with Gasteiger partial charge in [0.25, 0.3) is 0 Å². The van der Waals surface area contributed by atoms with E-state index in [9.17, 15) is 14.4 Å².